The van der Waals surface area contributed by atoms with Crippen LogP contribution in [-0.4, -0.2) is 0 Å². The molecule has 0 saturated carbocycles. The third-order valence-electron chi connectivity index (χ3n) is 13.6. The molecule has 11 aromatic carbocycles. The normalized spacial score (nSPS) is 12.9. The zero-order chi connectivity index (χ0) is 41.5. The Morgan fingerprint density at radius 1 is 0.254 bits per heavy atom. The highest BCUT2D eigenvalue weighted by Crippen LogP contribution is 2.66. The summed E-state index contributed by atoms with van der Waals surface area (Å²) in [6, 6.07) is 89.5. The first-order valence-corrected chi connectivity index (χ1v) is 21.8. The second kappa shape index (κ2) is 13.9. The average molecular weight is 801 g/mol. The summed E-state index contributed by atoms with van der Waals surface area (Å²) in [6.45, 7) is 0. The topological polar surface area (TPSA) is 6.48 Å². The van der Waals surface area contributed by atoms with Crippen LogP contribution in [-0.2, 0) is 5.41 Å². The van der Waals surface area contributed by atoms with E-state index in [9.17, 15) is 0 Å². The molecular weight excluding hydrogens is 761 g/mol. The first kappa shape index (κ1) is 35.5. The van der Waals surface area contributed by atoms with Crippen molar-refractivity contribution in [2.24, 2.45) is 0 Å². The molecule has 0 aliphatic heterocycles. The number of anilines is 6. The molecule has 2 heteroatoms. The van der Waals surface area contributed by atoms with Gasteiger partial charge >= 0.3 is 0 Å². The molecule has 0 radical (unpaired) electrons. The molecule has 2 aliphatic rings. The molecule has 0 unspecified atom stereocenters. The number of benzene rings is 11. The van der Waals surface area contributed by atoms with E-state index in [-0.39, 0.29) is 0 Å². The van der Waals surface area contributed by atoms with Crippen LogP contribution >= 0.6 is 0 Å². The fourth-order valence-electron chi connectivity index (χ4n) is 11.1. The van der Waals surface area contributed by atoms with Crippen molar-refractivity contribution >= 4 is 66.4 Å². The molecule has 0 amide bonds. The van der Waals surface area contributed by atoms with Crippen LogP contribution < -0.4 is 9.80 Å². The maximum absolute atomic E-state index is 2.44. The molecule has 1 spiro atoms. The van der Waals surface area contributed by atoms with Gasteiger partial charge in [-0.15, -0.1) is 0 Å². The number of fused-ring (bicyclic) bond motifs is 16. The van der Waals surface area contributed by atoms with Crippen LogP contribution in [0.1, 0.15) is 22.3 Å². The van der Waals surface area contributed by atoms with Crippen molar-refractivity contribution in [3.05, 3.63) is 265 Å². The Labute approximate surface area is 367 Å². The van der Waals surface area contributed by atoms with Gasteiger partial charge in [-0.1, -0.05) is 170 Å². The maximum atomic E-state index is 2.44. The van der Waals surface area contributed by atoms with Crippen molar-refractivity contribution in [2.45, 2.75) is 5.41 Å². The minimum atomic E-state index is -0.570. The zero-order valence-corrected chi connectivity index (χ0v) is 34.5. The van der Waals surface area contributed by atoms with Gasteiger partial charge in [0.1, 0.15) is 0 Å². The molecule has 63 heavy (non-hydrogen) atoms. The Kier molecular flexibility index (Phi) is 7.85. The number of hydrogen-bond acceptors (Lipinski definition) is 2. The Hall–Kier alpha value is -8.20. The lowest BCUT2D eigenvalue weighted by Gasteiger charge is -2.33. The Morgan fingerprint density at radius 3 is 1.19 bits per heavy atom. The van der Waals surface area contributed by atoms with Gasteiger partial charge in [0.2, 0.25) is 0 Å². The van der Waals surface area contributed by atoms with E-state index in [0.717, 1.165) is 34.1 Å². The van der Waals surface area contributed by atoms with E-state index in [0.29, 0.717) is 0 Å². The Morgan fingerprint density at radius 2 is 0.683 bits per heavy atom. The van der Waals surface area contributed by atoms with E-state index in [1.165, 1.54) is 76.8 Å². The first-order chi connectivity index (χ1) is 31.3. The van der Waals surface area contributed by atoms with Crippen LogP contribution in [0.3, 0.4) is 0 Å². The van der Waals surface area contributed by atoms with Crippen LogP contribution in [0.2, 0.25) is 0 Å². The molecule has 294 valence electrons. The highest BCUT2D eigenvalue weighted by atomic mass is 15.1. The van der Waals surface area contributed by atoms with Crippen molar-refractivity contribution in [2.75, 3.05) is 9.80 Å². The van der Waals surface area contributed by atoms with E-state index in [1.54, 1.807) is 0 Å². The summed E-state index contributed by atoms with van der Waals surface area (Å²) in [5.41, 5.74) is 16.8. The second-order valence-corrected chi connectivity index (χ2v) is 16.8. The maximum Gasteiger partial charge on any atom is 0.0737 e. The van der Waals surface area contributed by atoms with E-state index in [2.05, 4.69) is 252 Å². The van der Waals surface area contributed by atoms with Gasteiger partial charge < -0.3 is 9.80 Å². The van der Waals surface area contributed by atoms with E-state index in [1.807, 2.05) is 0 Å². The van der Waals surface area contributed by atoms with Crippen molar-refractivity contribution in [3.8, 4) is 22.3 Å². The van der Waals surface area contributed by atoms with Gasteiger partial charge in [-0.25, -0.2) is 0 Å². The van der Waals surface area contributed by atoms with Gasteiger partial charge in [0, 0.05) is 34.1 Å². The summed E-state index contributed by atoms with van der Waals surface area (Å²) in [5, 5.41) is 7.53. The summed E-state index contributed by atoms with van der Waals surface area (Å²) in [7, 11) is 0. The highest BCUT2D eigenvalue weighted by Gasteiger charge is 2.53. The molecule has 13 rings (SSSR count). The molecule has 0 heterocycles. The third kappa shape index (κ3) is 5.19. The number of rotatable bonds is 6. The molecule has 0 atom stereocenters. The number of hydrogen-bond donors (Lipinski definition) is 0. The smallest absolute Gasteiger partial charge is 0.0737 e. The molecular formula is C61H40N2. The van der Waals surface area contributed by atoms with Gasteiger partial charge in [-0.05, 0) is 150 Å². The standard InChI is InChI=1S/C61H40N2/c1-5-18-44(19-6-1)62(45-20-7-2-8-21-45)48-32-36-51-42(39-48)29-34-53-54-35-30-43-40-49(63(46-22-9-3-10-23-46)47-24-11-4-12-25-47)33-37-52(43)60(54)61(59(51)53)56-28-16-15-27-55(56)58-50-26-14-13-17-41(50)31-38-57(58)61/h1-40H. The van der Waals surface area contributed by atoms with Crippen LogP contribution in [0.15, 0.2) is 243 Å². The van der Waals surface area contributed by atoms with Gasteiger partial charge in [0.05, 0.1) is 5.41 Å². The van der Waals surface area contributed by atoms with Crippen molar-refractivity contribution in [3.63, 3.8) is 0 Å². The number of nitrogens with zero attached hydrogens (tertiary/aromatic N) is 2. The Bertz CT molecular complexity index is 3310. The summed E-state index contributed by atoms with van der Waals surface area (Å²) in [6.07, 6.45) is 0. The largest absolute Gasteiger partial charge is 0.310 e. The first-order valence-electron chi connectivity index (χ1n) is 21.8. The predicted octanol–water partition coefficient (Wildman–Crippen LogP) is 16.4. The monoisotopic (exact) mass is 800 g/mol. The van der Waals surface area contributed by atoms with Gasteiger partial charge in [0.25, 0.3) is 0 Å². The van der Waals surface area contributed by atoms with Crippen molar-refractivity contribution < 1.29 is 0 Å². The lowest BCUT2D eigenvalue weighted by Crippen LogP contribution is -2.26. The van der Waals surface area contributed by atoms with Crippen molar-refractivity contribution in [1.82, 2.24) is 0 Å². The van der Waals surface area contributed by atoms with E-state index < -0.39 is 5.41 Å². The van der Waals surface area contributed by atoms with Crippen LogP contribution in [0.25, 0.3) is 54.6 Å². The lowest BCUT2D eigenvalue weighted by molar-refractivity contribution is 0.810. The molecule has 0 bridgehead atoms. The third-order valence-corrected chi connectivity index (χ3v) is 13.6. The summed E-state index contributed by atoms with van der Waals surface area (Å²) < 4.78 is 0. The molecule has 0 fully saturated rings. The van der Waals surface area contributed by atoms with Crippen molar-refractivity contribution in [1.29, 1.82) is 0 Å². The van der Waals surface area contributed by atoms with Crippen LogP contribution in [0, 0.1) is 0 Å². The van der Waals surface area contributed by atoms with Gasteiger partial charge in [0.15, 0.2) is 0 Å². The van der Waals surface area contributed by atoms with E-state index in [4.69, 9.17) is 0 Å². The molecule has 11 aromatic rings. The predicted molar refractivity (Wildman–Crippen MR) is 265 cm³/mol. The summed E-state index contributed by atoms with van der Waals surface area (Å²) in [5.74, 6) is 0. The quantitative estimate of drug-likeness (QED) is 0.165. The SMILES string of the molecule is c1ccc(N(c2ccccc2)c2ccc3c4c(ccc3c2)-c2ccc3cc(N(c5ccccc5)c5ccccc5)ccc3c2C42c3ccccc3-c3c2ccc2ccccc32)cc1. The fraction of sp³-hybridized carbons (Fsp3) is 0.0164. The second-order valence-electron chi connectivity index (χ2n) is 16.8. The average Bonchev–Trinajstić information content (AvgIpc) is 3.83. The highest BCUT2D eigenvalue weighted by molar-refractivity contribution is 6.13. The fourth-order valence-corrected chi connectivity index (χ4v) is 11.1. The molecule has 2 aliphatic carbocycles. The zero-order valence-electron chi connectivity index (χ0n) is 34.5. The van der Waals surface area contributed by atoms with E-state index >= 15 is 0 Å². The lowest BCUT2D eigenvalue weighted by atomic mass is 9.68. The minimum absolute atomic E-state index is 0.570. The van der Waals surface area contributed by atoms with Crippen LogP contribution in [0.5, 0.6) is 0 Å². The molecule has 2 nitrogen and oxygen atoms in total. The molecule has 0 saturated heterocycles. The van der Waals surface area contributed by atoms with Crippen LogP contribution in [0.4, 0.5) is 34.1 Å². The Balaban J connectivity index is 1.10. The molecule has 0 aromatic heterocycles. The van der Waals surface area contributed by atoms with Gasteiger partial charge in [-0.2, -0.15) is 0 Å². The minimum Gasteiger partial charge on any atom is -0.310 e. The summed E-state index contributed by atoms with van der Waals surface area (Å²) in [4.78, 5) is 4.73. The summed E-state index contributed by atoms with van der Waals surface area (Å²) >= 11 is 0. The van der Waals surface area contributed by atoms with Gasteiger partial charge in [-0.3, -0.25) is 0 Å². The molecule has 0 N–H and O–H groups in total. The number of para-hydroxylation sites is 4.